The summed E-state index contributed by atoms with van der Waals surface area (Å²) in [5.74, 6) is 0.495. The van der Waals surface area contributed by atoms with E-state index in [-0.39, 0.29) is 0 Å². The Morgan fingerprint density at radius 1 is 1.38 bits per heavy atom. The molecule has 1 aromatic rings. The highest BCUT2D eigenvalue weighted by atomic mass is 35.5. The largest absolute Gasteiger partial charge is 0.268 e. The Morgan fingerprint density at radius 3 is 2.85 bits per heavy atom. The maximum absolute atomic E-state index is 6.10. The van der Waals surface area contributed by atoms with Gasteiger partial charge in [-0.25, -0.2) is 0 Å². The van der Waals surface area contributed by atoms with Crippen LogP contribution in [0.1, 0.15) is 43.9 Å². The van der Waals surface area contributed by atoms with Gasteiger partial charge in [0.1, 0.15) is 0 Å². The van der Waals surface area contributed by atoms with Crippen molar-refractivity contribution in [2.75, 3.05) is 0 Å². The van der Waals surface area contributed by atoms with Crippen molar-refractivity contribution >= 4 is 11.6 Å². The van der Waals surface area contributed by atoms with Crippen molar-refractivity contribution in [3.63, 3.8) is 0 Å². The minimum atomic E-state index is 0.495. The number of aryl methyl sites for hydroxylation is 1. The number of halogens is 1. The van der Waals surface area contributed by atoms with Crippen molar-refractivity contribution in [1.82, 2.24) is 9.78 Å². The molecule has 0 aliphatic carbocycles. The minimum absolute atomic E-state index is 0.495. The Hall–Kier alpha value is -0.500. The zero-order chi connectivity index (χ0) is 9.42. The molecule has 1 aromatic heterocycles. The second-order valence-corrected chi connectivity index (χ2v) is 4.34. The predicted molar refractivity (Wildman–Crippen MR) is 54.3 cm³/mol. The fourth-order valence-corrected chi connectivity index (χ4v) is 2.47. The molecule has 0 bridgehead atoms. The number of hydrogen-bond acceptors (Lipinski definition) is 1. The summed E-state index contributed by atoms with van der Waals surface area (Å²) in [5.41, 5.74) is 2.63. The minimum Gasteiger partial charge on any atom is -0.268 e. The number of hydrogen-bond donors (Lipinski definition) is 0. The van der Waals surface area contributed by atoms with Crippen LogP contribution in [0.15, 0.2) is 0 Å². The van der Waals surface area contributed by atoms with Gasteiger partial charge < -0.3 is 0 Å². The van der Waals surface area contributed by atoms with Crippen molar-refractivity contribution in [1.29, 1.82) is 0 Å². The molecule has 72 valence electrons. The summed E-state index contributed by atoms with van der Waals surface area (Å²) in [6.45, 7) is 5.40. The molecule has 0 spiro atoms. The summed E-state index contributed by atoms with van der Waals surface area (Å²) in [5, 5.41) is 5.07. The third-order valence-electron chi connectivity index (χ3n) is 2.66. The molecule has 0 N–H and O–H groups in total. The monoisotopic (exact) mass is 198 g/mol. The van der Waals surface area contributed by atoms with Gasteiger partial charge in [0.05, 0.1) is 0 Å². The van der Waals surface area contributed by atoms with Gasteiger partial charge in [0.25, 0.3) is 0 Å². The fourth-order valence-electron chi connectivity index (χ4n) is 2.05. The quantitative estimate of drug-likeness (QED) is 0.679. The van der Waals surface area contributed by atoms with E-state index in [1.54, 1.807) is 0 Å². The first-order valence-corrected chi connectivity index (χ1v) is 5.33. The molecule has 3 heteroatoms. The maximum atomic E-state index is 6.10. The molecule has 0 atom stereocenters. The van der Waals surface area contributed by atoms with E-state index >= 15 is 0 Å². The van der Waals surface area contributed by atoms with E-state index in [1.165, 1.54) is 24.1 Å². The molecule has 0 saturated carbocycles. The van der Waals surface area contributed by atoms with Gasteiger partial charge in [-0.3, -0.25) is 4.68 Å². The number of nitrogens with zero attached hydrogens (tertiary/aromatic N) is 2. The van der Waals surface area contributed by atoms with E-state index in [1.807, 2.05) is 0 Å². The van der Waals surface area contributed by atoms with Crippen LogP contribution in [0.4, 0.5) is 0 Å². The van der Waals surface area contributed by atoms with E-state index < -0.39 is 0 Å². The molecule has 2 heterocycles. The standard InChI is InChI=1S/C10H15ClN2/c1-7(2)9-8-5-3-4-6-13(8)12-10(9)11/h7H,3-6H2,1-2H3. The van der Waals surface area contributed by atoms with Crippen molar-refractivity contribution in [3.8, 4) is 0 Å². The topological polar surface area (TPSA) is 17.8 Å². The van der Waals surface area contributed by atoms with E-state index in [9.17, 15) is 0 Å². The lowest BCUT2D eigenvalue weighted by atomic mass is 9.99. The van der Waals surface area contributed by atoms with Gasteiger partial charge in [0.2, 0.25) is 0 Å². The van der Waals surface area contributed by atoms with E-state index in [4.69, 9.17) is 11.6 Å². The van der Waals surface area contributed by atoms with Crippen molar-refractivity contribution in [2.45, 2.75) is 45.6 Å². The number of rotatable bonds is 1. The van der Waals surface area contributed by atoms with Gasteiger partial charge in [0, 0.05) is 17.8 Å². The van der Waals surface area contributed by atoms with Crippen LogP contribution in [-0.2, 0) is 13.0 Å². The molecule has 2 nitrogen and oxygen atoms in total. The third kappa shape index (κ3) is 1.48. The van der Waals surface area contributed by atoms with Crippen molar-refractivity contribution in [2.24, 2.45) is 0 Å². The Morgan fingerprint density at radius 2 is 2.15 bits per heavy atom. The molecule has 0 fully saturated rings. The van der Waals surface area contributed by atoms with Crippen molar-refractivity contribution in [3.05, 3.63) is 16.4 Å². The Bertz CT molecular complexity index is 315. The van der Waals surface area contributed by atoms with Crippen LogP contribution in [0.3, 0.4) is 0 Å². The van der Waals surface area contributed by atoms with Gasteiger partial charge in [0.15, 0.2) is 5.15 Å². The molecule has 0 radical (unpaired) electrons. The lowest BCUT2D eigenvalue weighted by Crippen LogP contribution is -2.12. The predicted octanol–water partition coefficient (Wildman–Crippen LogP) is 3.00. The van der Waals surface area contributed by atoms with Crippen LogP contribution in [0.25, 0.3) is 0 Å². The first kappa shape index (κ1) is 9.07. The molecular formula is C10H15ClN2. The van der Waals surface area contributed by atoms with E-state index in [0.717, 1.165) is 13.0 Å². The summed E-state index contributed by atoms with van der Waals surface area (Å²) < 4.78 is 2.08. The molecule has 1 aliphatic heterocycles. The highest BCUT2D eigenvalue weighted by Crippen LogP contribution is 2.30. The van der Waals surface area contributed by atoms with Crippen LogP contribution in [0.2, 0.25) is 5.15 Å². The van der Waals surface area contributed by atoms with E-state index in [2.05, 4.69) is 23.6 Å². The molecule has 2 rings (SSSR count). The second-order valence-electron chi connectivity index (χ2n) is 3.99. The summed E-state index contributed by atoms with van der Waals surface area (Å²) in [6, 6.07) is 0. The van der Waals surface area contributed by atoms with Crippen LogP contribution >= 0.6 is 11.6 Å². The summed E-state index contributed by atoms with van der Waals surface area (Å²) >= 11 is 6.10. The highest BCUT2D eigenvalue weighted by molar-refractivity contribution is 6.30. The second kappa shape index (κ2) is 3.33. The smallest absolute Gasteiger partial charge is 0.154 e. The Kier molecular flexibility index (Phi) is 2.33. The normalized spacial score (nSPS) is 16.3. The zero-order valence-corrected chi connectivity index (χ0v) is 8.93. The van der Waals surface area contributed by atoms with Crippen LogP contribution in [-0.4, -0.2) is 9.78 Å². The summed E-state index contributed by atoms with van der Waals surface area (Å²) in [6.07, 6.45) is 3.66. The van der Waals surface area contributed by atoms with E-state index in [0.29, 0.717) is 11.1 Å². The Labute approximate surface area is 83.9 Å². The first-order valence-electron chi connectivity index (χ1n) is 4.95. The highest BCUT2D eigenvalue weighted by Gasteiger charge is 2.20. The lowest BCUT2D eigenvalue weighted by molar-refractivity contribution is 0.483. The van der Waals surface area contributed by atoms with Crippen LogP contribution < -0.4 is 0 Å². The van der Waals surface area contributed by atoms with Crippen LogP contribution in [0.5, 0.6) is 0 Å². The van der Waals surface area contributed by atoms with Crippen LogP contribution in [0, 0.1) is 0 Å². The molecule has 1 aliphatic rings. The molecule has 0 saturated heterocycles. The summed E-state index contributed by atoms with van der Waals surface area (Å²) in [4.78, 5) is 0. The fraction of sp³-hybridized carbons (Fsp3) is 0.700. The lowest BCUT2D eigenvalue weighted by Gasteiger charge is -2.15. The Balaban J connectivity index is 2.48. The molecular weight excluding hydrogens is 184 g/mol. The molecule has 0 aromatic carbocycles. The van der Waals surface area contributed by atoms with Gasteiger partial charge in [-0.1, -0.05) is 25.4 Å². The van der Waals surface area contributed by atoms with Crippen molar-refractivity contribution < 1.29 is 0 Å². The number of aromatic nitrogens is 2. The summed E-state index contributed by atoms with van der Waals surface area (Å²) in [7, 11) is 0. The molecule has 0 amide bonds. The zero-order valence-electron chi connectivity index (χ0n) is 8.18. The van der Waals surface area contributed by atoms with Gasteiger partial charge in [-0.2, -0.15) is 5.10 Å². The SMILES string of the molecule is CC(C)c1c(Cl)nn2c1CCCC2. The third-order valence-corrected chi connectivity index (χ3v) is 2.94. The molecule has 13 heavy (non-hydrogen) atoms. The maximum Gasteiger partial charge on any atom is 0.154 e. The molecule has 0 unspecified atom stereocenters. The van der Waals surface area contributed by atoms with Gasteiger partial charge >= 0.3 is 0 Å². The van der Waals surface area contributed by atoms with Gasteiger partial charge in [-0.15, -0.1) is 0 Å². The average Bonchev–Trinajstić information content (AvgIpc) is 2.39. The average molecular weight is 199 g/mol. The first-order chi connectivity index (χ1) is 6.20. The number of fused-ring (bicyclic) bond motifs is 1. The van der Waals surface area contributed by atoms with Gasteiger partial charge in [-0.05, 0) is 25.2 Å².